The van der Waals surface area contributed by atoms with Crippen LogP contribution in [0.3, 0.4) is 0 Å². The molecule has 1 aliphatic heterocycles. The molecule has 3 nitrogen and oxygen atoms in total. The Bertz CT molecular complexity index is 331. The molecule has 0 aromatic rings. The minimum Gasteiger partial charge on any atom is -0.387 e. The van der Waals surface area contributed by atoms with Crippen LogP contribution in [0.5, 0.6) is 0 Å². The molecular formula is C16H26O3. The minimum absolute atomic E-state index is 0.129. The van der Waals surface area contributed by atoms with Crippen LogP contribution in [0.2, 0.25) is 0 Å². The smallest absolute Gasteiger partial charge is 0.110 e. The zero-order chi connectivity index (χ0) is 14.1. The Morgan fingerprint density at radius 1 is 1.37 bits per heavy atom. The third kappa shape index (κ3) is 5.31. The molecule has 1 saturated heterocycles. The molecule has 0 radical (unpaired) electrons. The summed E-state index contributed by atoms with van der Waals surface area (Å²) in [6.07, 6.45) is 12.2. The van der Waals surface area contributed by atoms with Gasteiger partial charge in [-0.15, -0.1) is 0 Å². The highest BCUT2D eigenvalue weighted by molar-refractivity contribution is 5.19. The van der Waals surface area contributed by atoms with Crippen molar-refractivity contribution in [2.24, 2.45) is 0 Å². The van der Waals surface area contributed by atoms with E-state index in [1.54, 1.807) is 7.11 Å². The van der Waals surface area contributed by atoms with Gasteiger partial charge in [-0.25, -0.2) is 0 Å². The number of rotatable bonds is 6. The topological polar surface area (TPSA) is 38.7 Å². The Morgan fingerprint density at radius 2 is 2.16 bits per heavy atom. The van der Waals surface area contributed by atoms with Crippen molar-refractivity contribution in [3.05, 3.63) is 36.0 Å². The molecule has 0 spiro atoms. The van der Waals surface area contributed by atoms with Gasteiger partial charge in [-0.05, 0) is 25.3 Å². The minimum atomic E-state index is -0.584. The lowest BCUT2D eigenvalue weighted by molar-refractivity contribution is -0.132. The van der Waals surface area contributed by atoms with Crippen LogP contribution in [0.25, 0.3) is 0 Å². The first-order valence-corrected chi connectivity index (χ1v) is 7.03. The number of aliphatic hydroxyl groups is 1. The Morgan fingerprint density at radius 3 is 2.84 bits per heavy atom. The molecule has 0 amide bonds. The highest BCUT2D eigenvalue weighted by atomic mass is 16.5. The van der Waals surface area contributed by atoms with Gasteiger partial charge in [-0.1, -0.05) is 43.7 Å². The van der Waals surface area contributed by atoms with Crippen molar-refractivity contribution in [1.82, 2.24) is 0 Å². The molecule has 1 aliphatic rings. The molecule has 19 heavy (non-hydrogen) atoms. The summed E-state index contributed by atoms with van der Waals surface area (Å²) in [5, 5.41) is 10.1. The summed E-state index contributed by atoms with van der Waals surface area (Å²) in [5.74, 6) is 0. The molecule has 0 unspecified atom stereocenters. The average molecular weight is 266 g/mol. The third-order valence-electron chi connectivity index (χ3n) is 3.32. The van der Waals surface area contributed by atoms with E-state index in [9.17, 15) is 5.11 Å². The summed E-state index contributed by atoms with van der Waals surface area (Å²) in [7, 11) is 1.63. The fraction of sp³-hybridized carbons (Fsp3) is 0.625. The van der Waals surface area contributed by atoms with Crippen LogP contribution in [-0.2, 0) is 9.47 Å². The van der Waals surface area contributed by atoms with Gasteiger partial charge in [-0.2, -0.15) is 0 Å². The second-order valence-corrected chi connectivity index (χ2v) is 4.86. The van der Waals surface area contributed by atoms with Crippen LogP contribution in [0.1, 0.15) is 33.1 Å². The molecular weight excluding hydrogens is 240 g/mol. The maximum absolute atomic E-state index is 10.1. The van der Waals surface area contributed by atoms with Crippen molar-refractivity contribution >= 4 is 0 Å². The zero-order valence-corrected chi connectivity index (χ0v) is 12.2. The van der Waals surface area contributed by atoms with Crippen molar-refractivity contribution in [3.8, 4) is 0 Å². The predicted molar refractivity (Wildman–Crippen MR) is 78.1 cm³/mol. The molecule has 1 heterocycles. The molecule has 3 heteroatoms. The molecule has 0 aromatic carbocycles. The lowest BCUT2D eigenvalue weighted by atomic mass is 9.96. The largest absolute Gasteiger partial charge is 0.387 e. The second-order valence-electron chi connectivity index (χ2n) is 4.86. The summed E-state index contributed by atoms with van der Waals surface area (Å²) >= 11 is 0. The Hall–Kier alpha value is -0.900. The van der Waals surface area contributed by atoms with E-state index in [1.165, 1.54) is 6.42 Å². The van der Waals surface area contributed by atoms with E-state index < -0.39 is 6.10 Å². The van der Waals surface area contributed by atoms with Crippen LogP contribution in [0.15, 0.2) is 36.0 Å². The van der Waals surface area contributed by atoms with Crippen molar-refractivity contribution in [3.63, 3.8) is 0 Å². The van der Waals surface area contributed by atoms with Crippen LogP contribution < -0.4 is 0 Å². The first kappa shape index (κ1) is 16.2. The van der Waals surface area contributed by atoms with Gasteiger partial charge in [0.05, 0.1) is 12.7 Å². The quantitative estimate of drug-likeness (QED) is 0.751. The summed E-state index contributed by atoms with van der Waals surface area (Å²) < 4.78 is 10.9. The van der Waals surface area contributed by atoms with E-state index >= 15 is 0 Å². The highest BCUT2D eigenvalue weighted by Crippen LogP contribution is 2.22. The number of aliphatic hydroxyl groups excluding tert-OH is 1. The Balaban J connectivity index is 2.53. The number of hydrogen-bond acceptors (Lipinski definition) is 3. The second kappa shape index (κ2) is 9.08. The molecule has 0 aliphatic carbocycles. The maximum atomic E-state index is 10.1. The molecule has 3 atom stereocenters. The fourth-order valence-electron chi connectivity index (χ4n) is 2.14. The number of ether oxygens (including phenoxy) is 2. The van der Waals surface area contributed by atoms with Crippen LogP contribution in [-0.4, -0.2) is 37.1 Å². The van der Waals surface area contributed by atoms with Gasteiger partial charge < -0.3 is 14.6 Å². The van der Waals surface area contributed by atoms with E-state index in [2.05, 4.69) is 13.0 Å². The SMILES string of the molecule is CCC/C=C/C=C/C=C(\C)[C@@H]1OCC[C@H](OC)[C@H]1O. The molecule has 1 fully saturated rings. The number of methoxy groups -OCH3 is 1. The van der Waals surface area contributed by atoms with Crippen LogP contribution in [0, 0.1) is 0 Å². The number of hydrogen-bond donors (Lipinski definition) is 1. The van der Waals surface area contributed by atoms with Crippen molar-refractivity contribution < 1.29 is 14.6 Å². The monoisotopic (exact) mass is 266 g/mol. The van der Waals surface area contributed by atoms with Gasteiger partial charge >= 0.3 is 0 Å². The van der Waals surface area contributed by atoms with E-state index in [4.69, 9.17) is 9.47 Å². The average Bonchev–Trinajstić information content (AvgIpc) is 2.42. The summed E-state index contributed by atoms with van der Waals surface area (Å²) in [6.45, 7) is 4.77. The maximum Gasteiger partial charge on any atom is 0.110 e. The highest BCUT2D eigenvalue weighted by Gasteiger charge is 2.33. The standard InChI is InChI=1S/C16H26O3/c1-4-5-6-7-8-9-10-13(2)16-15(17)14(18-3)11-12-19-16/h6-10,14-17H,4-5,11-12H2,1-3H3/b7-6+,9-8+,13-10+/t14-,15+,16-/m0/s1. The first-order chi connectivity index (χ1) is 9.20. The summed E-state index contributed by atoms with van der Waals surface area (Å²) in [6, 6.07) is 0. The van der Waals surface area contributed by atoms with E-state index in [0.717, 1.165) is 18.4 Å². The van der Waals surface area contributed by atoms with Gasteiger partial charge in [0.15, 0.2) is 0 Å². The van der Waals surface area contributed by atoms with E-state index in [1.807, 2.05) is 31.2 Å². The zero-order valence-electron chi connectivity index (χ0n) is 12.2. The summed E-state index contributed by atoms with van der Waals surface area (Å²) in [4.78, 5) is 0. The van der Waals surface area contributed by atoms with Crippen molar-refractivity contribution in [1.29, 1.82) is 0 Å². The molecule has 1 rings (SSSR count). The van der Waals surface area contributed by atoms with Gasteiger partial charge in [0, 0.05) is 7.11 Å². The molecule has 0 saturated carbocycles. The van der Waals surface area contributed by atoms with E-state index in [0.29, 0.717) is 6.61 Å². The van der Waals surface area contributed by atoms with E-state index in [-0.39, 0.29) is 12.2 Å². The van der Waals surface area contributed by atoms with Crippen LogP contribution in [0.4, 0.5) is 0 Å². The van der Waals surface area contributed by atoms with Gasteiger partial charge in [0.25, 0.3) is 0 Å². The Labute approximate surface area is 116 Å². The van der Waals surface area contributed by atoms with Gasteiger partial charge in [-0.3, -0.25) is 0 Å². The van der Waals surface area contributed by atoms with Crippen molar-refractivity contribution in [2.45, 2.75) is 51.4 Å². The third-order valence-corrected chi connectivity index (χ3v) is 3.32. The lowest BCUT2D eigenvalue weighted by Crippen LogP contribution is -2.45. The first-order valence-electron chi connectivity index (χ1n) is 7.03. The van der Waals surface area contributed by atoms with Crippen molar-refractivity contribution in [2.75, 3.05) is 13.7 Å². The molecule has 108 valence electrons. The van der Waals surface area contributed by atoms with Crippen LogP contribution >= 0.6 is 0 Å². The number of allylic oxidation sites excluding steroid dienone is 5. The van der Waals surface area contributed by atoms with Gasteiger partial charge in [0.2, 0.25) is 0 Å². The summed E-state index contributed by atoms with van der Waals surface area (Å²) in [5.41, 5.74) is 1.02. The normalized spacial score (nSPS) is 29.5. The lowest BCUT2D eigenvalue weighted by Gasteiger charge is -2.34. The predicted octanol–water partition coefficient (Wildman–Crippen LogP) is 3.01. The molecule has 0 bridgehead atoms. The fourth-order valence-corrected chi connectivity index (χ4v) is 2.14. The molecule has 1 N–H and O–H groups in total. The Kier molecular flexibility index (Phi) is 7.72. The molecule has 0 aromatic heterocycles. The number of unbranched alkanes of at least 4 members (excludes halogenated alkanes) is 1. The van der Waals surface area contributed by atoms with Gasteiger partial charge in [0.1, 0.15) is 12.2 Å².